The van der Waals surface area contributed by atoms with Crippen molar-refractivity contribution in [1.82, 2.24) is 9.88 Å². The Morgan fingerprint density at radius 1 is 1.17 bits per heavy atom. The van der Waals surface area contributed by atoms with Gasteiger partial charge in [0, 0.05) is 11.6 Å². The molecule has 5 nitrogen and oxygen atoms in total. The second-order valence-corrected chi connectivity index (χ2v) is 7.41. The lowest BCUT2D eigenvalue weighted by Gasteiger charge is -2.37. The van der Waals surface area contributed by atoms with Gasteiger partial charge in [-0.25, -0.2) is 4.39 Å². The Balaban J connectivity index is 1.74. The van der Waals surface area contributed by atoms with E-state index in [1.807, 2.05) is 36.5 Å². The Labute approximate surface area is 168 Å². The number of hydrogen-bond donors (Lipinski definition) is 1. The van der Waals surface area contributed by atoms with Gasteiger partial charge in [-0.1, -0.05) is 24.3 Å². The van der Waals surface area contributed by atoms with Gasteiger partial charge >= 0.3 is 5.97 Å². The van der Waals surface area contributed by atoms with Crippen LogP contribution in [0.4, 0.5) is 4.39 Å². The number of nitrogens with zero attached hydrogens (tertiary/aromatic N) is 2. The van der Waals surface area contributed by atoms with E-state index in [9.17, 15) is 14.3 Å². The number of ether oxygens (including phenoxy) is 1. The molecule has 0 saturated carbocycles. The zero-order chi connectivity index (χ0) is 20.4. The molecule has 150 valence electrons. The van der Waals surface area contributed by atoms with Crippen LogP contribution in [-0.4, -0.2) is 41.2 Å². The van der Waals surface area contributed by atoms with Crippen molar-refractivity contribution in [1.29, 1.82) is 0 Å². The summed E-state index contributed by atoms with van der Waals surface area (Å²) < 4.78 is 19.5. The minimum Gasteiger partial charge on any atom is -0.494 e. The van der Waals surface area contributed by atoms with Crippen molar-refractivity contribution in [2.75, 3.05) is 20.2 Å². The van der Waals surface area contributed by atoms with Crippen LogP contribution in [-0.2, 0) is 4.79 Å². The van der Waals surface area contributed by atoms with Gasteiger partial charge in [0.1, 0.15) is 0 Å². The van der Waals surface area contributed by atoms with E-state index in [1.54, 1.807) is 6.07 Å². The number of carboxylic acids is 1. The number of hydrogen-bond acceptors (Lipinski definition) is 4. The highest BCUT2D eigenvalue weighted by Gasteiger charge is 2.31. The van der Waals surface area contributed by atoms with E-state index >= 15 is 0 Å². The number of rotatable bonds is 5. The molecule has 0 amide bonds. The lowest BCUT2D eigenvalue weighted by Crippen LogP contribution is -2.39. The lowest BCUT2D eigenvalue weighted by molar-refractivity contribution is -0.143. The predicted molar refractivity (Wildman–Crippen MR) is 108 cm³/mol. The van der Waals surface area contributed by atoms with E-state index in [0.717, 1.165) is 22.0 Å². The Bertz CT molecular complexity index is 1030. The van der Waals surface area contributed by atoms with Crippen molar-refractivity contribution in [3.05, 3.63) is 71.7 Å². The summed E-state index contributed by atoms with van der Waals surface area (Å²) >= 11 is 0. The molecule has 0 aliphatic carbocycles. The fourth-order valence-electron chi connectivity index (χ4n) is 4.11. The van der Waals surface area contributed by atoms with Crippen molar-refractivity contribution in [2.45, 2.75) is 18.9 Å². The number of carbonyl (C=O) groups is 1. The smallest absolute Gasteiger partial charge is 0.306 e. The number of halogens is 1. The van der Waals surface area contributed by atoms with Crippen LogP contribution in [0.15, 0.2) is 54.7 Å². The van der Waals surface area contributed by atoms with Crippen LogP contribution in [0.25, 0.3) is 10.9 Å². The SMILES string of the molecule is COc1ccc(C(c2cnc3ccccc3c2)N2CCC(C(=O)O)CC2)cc1F. The molecule has 6 heteroatoms. The van der Waals surface area contributed by atoms with Crippen molar-refractivity contribution in [2.24, 2.45) is 5.92 Å². The van der Waals surface area contributed by atoms with E-state index < -0.39 is 11.8 Å². The molecule has 1 fully saturated rings. The molecule has 1 aliphatic heterocycles. The van der Waals surface area contributed by atoms with Gasteiger partial charge in [-0.05, 0) is 61.3 Å². The standard InChI is InChI=1S/C23H23FN2O3/c1-29-21-7-6-17(13-19(21)24)22(26-10-8-15(9-11-26)23(27)28)18-12-16-4-2-3-5-20(16)25-14-18/h2-7,12-15,22H,8-11H2,1H3,(H,27,28). The monoisotopic (exact) mass is 394 g/mol. The molecule has 1 atom stereocenters. The molecule has 2 aromatic carbocycles. The van der Waals surface area contributed by atoms with Gasteiger partial charge in [0.2, 0.25) is 0 Å². The molecular weight excluding hydrogens is 371 g/mol. The molecule has 0 radical (unpaired) electrons. The van der Waals surface area contributed by atoms with Crippen LogP contribution in [0.1, 0.15) is 30.0 Å². The van der Waals surface area contributed by atoms with E-state index in [0.29, 0.717) is 25.9 Å². The molecule has 0 bridgehead atoms. The summed E-state index contributed by atoms with van der Waals surface area (Å²) in [6, 6.07) is 14.8. The molecule has 2 heterocycles. The second kappa shape index (κ2) is 8.17. The first kappa shape index (κ1) is 19.3. The molecule has 29 heavy (non-hydrogen) atoms. The first-order valence-electron chi connectivity index (χ1n) is 9.72. The number of aromatic nitrogens is 1. The molecule has 1 aliphatic rings. The van der Waals surface area contributed by atoms with Gasteiger partial charge in [0.25, 0.3) is 0 Å². The first-order chi connectivity index (χ1) is 14.1. The zero-order valence-corrected chi connectivity index (χ0v) is 16.2. The first-order valence-corrected chi connectivity index (χ1v) is 9.72. The van der Waals surface area contributed by atoms with Crippen molar-refractivity contribution in [3.63, 3.8) is 0 Å². The summed E-state index contributed by atoms with van der Waals surface area (Å²) in [4.78, 5) is 18.1. The average molecular weight is 394 g/mol. The molecule has 4 rings (SSSR count). The third-order valence-corrected chi connectivity index (χ3v) is 5.66. The number of aliphatic carboxylic acids is 1. The highest BCUT2D eigenvalue weighted by Crippen LogP contribution is 2.35. The molecule has 1 unspecified atom stereocenters. The Kier molecular flexibility index (Phi) is 5.45. The summed E-state index contributed by atoms with van der Waals surface area (Å²) in [6.45, 7) is 1.25. The molecule has 1 aromatic heterocycles. The fraction of sp³-hybridized carbons (Fsp3) is 0.304. The zero-order valence-electron chi connectivity index (χ0n) is 16.2. The molecule has 1 saturated heterocycles. The minimum absolute atomic E-state index is 0.203. The number of methoxy groups -OCH3 is 1. The third kappa shape index (κ3) is 3.93. The van der Waals surface area contributed by atoms with Crippen LogP contribution < -0.4 is 4.74 Å². The van der Waals surface area contributed by atoms with E-state index in [2.05, 4.69) is 16.0 Å². The summed E-state index contributed by atoms with van der Waals surface area (Å²) in [5.74, 6) is -1.28. The van der Waals surface area contributed by atoms with E-state index in [-0.39, 0.29) is 17.7 Å². The maximum atomic E-state index is 14.5. The van der Waals surface area contributed by atoms with Crippen molar-refractivity contribution < 1.29 is 19.0 Å². The molecule has 3 aromatic rings. The molecule has 1 N–H and O–H groups in total. The number of piperidine rings is 1. The average Bonchev–Trinajstić information content (AvgIpc) is 2.74. The van der Waals surface area contributed by atoms with Gasteiger partial charge in [-0.3, -0.25) is 14.7 Å². The van der Waals surface area contributed by atoms with Gasteiger partial charge in [-0.2, -0.15) is 0 Å². The highest BCUT2D eigenvalue weighted by molar-refractivity contribution is 5.79. The number of para-hydroxylation sites is 1. The second-order valence-electron chi connectivity index (χ2n) is 7.41. The van der Waals surface area contributed by atoms with E-state index in [1.165, 1.54) is 13.2 Å². The number of likely N-dealkylation sites (tertiary alicyclic amines) is 1. The number of pyridine rings is 1. The fourth-order valence-corrected chi connectivity index (χ4v) is 4.11. The van der Waals surface area contributed by atoms with Crippen LogP contribution in [0.5, 0.6) is 5.75 Å². The normalized spacial score (nSPS) is 16.6. The largest absolute Gasteiger partial charge is 0.494 e. The summed E-state index contributed by atoms with van der Waals surface area (Å²) in [6.07, 6.45) is 2.98. The van der Waals surface area contributed by atoms with Gasteiger partial charge in [0.15, 0.2) is 11.6 Å². The van der Waals surface area contributed by atoms with Crippen LogP contribution in [0.3, 0.4) is 0 Å². The Morgan fingerprint density at radius 3 is 2.62 bits per heavy atom. The van der Waals surface area contributed by atoms with Crippen molar-refractivity contribution in [3.8, 4) is 5.75 Å². The van der Waals surface area contributed by atoms with Gasteiger partial charge in [-0.15, -0.1) is 0 Å². The number of benzene rings is 2. The number of fused-ring (bicyclic) bond motifs is 1. The summed E-state index contributed by atoms with van der Waals surface area (Å²) in [7, 11) is 1.44. The number of carboxylic acid groups (broad SMARTS) is 1. The summed E-state index contributed by atoms with van der Waals surface area (Å²) in [5, 5.41) is 10.3. The highest BCUT2D eigenvalue weighted by atomic mass is 19.1. The maximum Gasteiger partial charge on any atom is 0.306 e. The quantitative estimate of drug-likeness (QED) is 0.700. The van der Waals surface area contributed by atoms with Crippen molar-refractivity contribution >= 4 is 16.9 Å². The Hall–Kier alpha value is -2.99. The molecule has 0 spiro atoms. The minimum atomic E-state index is -0.746. The van der Waals surface area contributed by atoms with E-state index in [4.69, 9.17) is 4.74 Å². The third-order valence-electron chi connectivity index (χ3n) is 5.66. The van der Waals surface area contributed by atoms with Gasteiger partial charge in [0.05, 0.1) is 24.6 Å². The van der Waals surface area contributed by atoms with Crippen LogP contribution >= 0.6 is 0 Å². The topological polar surface area (TPSA) is 62.7 Å². The predicted octanol–water partition coefficient (Wildman–Crippen LogP) is 4.27. The van der Waals surface area contributed by atoms with Crippen LogP contribution in [0.2, 0.25) is 0 Å². The summed E-state index contributed by atoms with van der Waals surface area (Å²) in [5.41, 5.74) is 2.66. The molecular formula is C23H23FN2O3. The van der Waals surface area contributed by atoms with Crippen LogP contribution in [0, 0.1) is 11.7 Å². The maximum absolute atomic E-state index is 14.5. The lowest BCUT2D eigenvalue weighted by atomic mass is 9.91. The van der Waals surface area contributed by atoms with Gasteiger partial charge < -0.3 is 9.84 Å². The Morgan fingerprint density at radius 2 is 1.93 bits per heavy atom.